The van der Waals surface area contributed by atoms with Gasteiger partial charge in [-0.05, 0) is 30.7 Å². The summed E-state index contributed by atoms with van der Waals surface area (Å²) in [6.07, 6.45) is 0.952. The van der Waals surface area contributed by atoms with Crippen LogP contribution >= 0.6 is 0 Å². The highest BCUT2D eigenvalue weighted by molar-refractivity contribution is 5.80. The lowest BCUT2D eigenvalue weighted by Gasteiger charge is -2.06. The maximum atomic E-state index is 11.2. The van der Waals surface area contributed by atoms with Gasteiger partial charge in [-0.1, -0.05) is 6.92 Å². The van der Waals surface area contributed by atoms with E-state index in [1.165, 1.54) is 0 Å². The molecule has 0 bridgehead atoms. The van der Waals surface area contributed by atoms with Crippen LogP contribution in [0, 0.1) is 0 Å². The van der Waals surface area contributed by atoms with Crippen molar-refractivity contribution in [3.8, 4) is 0 Å². The van der Waals surface area contributed by atoms with E-state index in [4.69, 9.17) is 5.73 Å². The molecule has 15 heavy (non-hydrogen) atoms. The third-order valence-electron chi connectivity index (χ3n) is 1.94. The average molecular weight is 207 g/mol. The Morgan fingerprint density at radius 3 is 2.60 bits per heavy atom. The van der Waals surface area contributed by atoms with E-state index < -0.39 is 0 Å². The van der Waals surface area contributed by atoms with Gasteiger partial charge in [0.2, 0.25) is 5.91 Å². The summed E-state index contributed by atoms with van der Waals surface area (Å²) in [5.41, 5.74) is 7.16. The Labute approximate surface area is 89.9 Å². The van der Waals surface area contributed by atoms with Crippen LogP contribution in [0.5, 0.6) is 0 Å². The van der Waals surface area contributed by atoms with Crippen molar-refractivity contribution in [1.29, 1.82) is 0 Å². The van der Waals surface area contributed by atoms with Crippen LogP contribution in [0.4, 0.5) is 11.4 Å². The molecule has 0 aliphatic carbocycles. The van der Waals surface area contributed by atoms with Gasteiger partial charge in [-0.3, -0.25) is 4.79 Å². The number of anilines is 2. The molecule has 0 saturated heterocycles. The molecule has 4 nitrogen and oxygen atoms in total. The van der Waals surface area contributed by atoms with Crippen molar-refractivity contribution in [3.05, 3.63) is 24.3 Å². The van der Waals surface area contributed by atoms with Crippen LogP contribution in [-0.4, -0.2) is 19.0 Å². The van der Waals surface area contributed by atoms with Crippen molar-refractivity contribution in [3.63, 3.8) is 0 Å². The number of nitrogens with one attached hydrogen (secondary N) is 2. The number of hydrogen-bond donors (Lipinski definition) is 3. The third kappa shape index (κ3) is 4.35. The predicted molar refractivity (Wildman–Crippen MR) is 62.6 cm³/mol. The Bertz CT molecular complexity index is 308. The van der Waals surface area contributed by atoms with Gasteiger partial charge in [-0.25, -0.2) is 0 Å². The Morgan fingerprint density at radius 2 is 2.00 bits per heavy atom. The van der Waals surface area contributed by atoms with Gasteiger partial charge in [0, 0.05) is 17.9 Å². The zero-order chi connectivity index (χ0) is 11.1. The number of benzene rings is 1. The molecule has 4 N–H and O–H groups in total. The Hall–Kier alpha value is -1.71. The fourth-order valence-electron chi connectivity index (χ4n) is 1.11. The first kappa shape index (κ1) is 11.4. The predicted octanol–water partition coefficient (Wildman–Crippen LogP) is 1.21. The van der Waals surface area contributed by atoms with Gasteiger partial charge in [0.05, 0.1) is 6.54 Å². The van der Waals surface area contributed by atoms with Crippen LogP contribution in [0.2, 0.25) is 0 Å². The van der Waals surface area contributed by atoms with Crippen molar-refractivity contribution >= 4 is 17.3 Å². The average Bonchev–Trinajstić information content (AvgIpc) is 2.25. The summed E-state index contributed by atoms with van der Waals surface area (Å²) < 4.78 is 0. The largest absolute Gasteiger partial charge is 0.399 e. The van der Waals surface area contributed by atoms with Crippen molar-refractivity contribution in [2.75, 3.05) is 24.1 Å². The Morgan fingerprint density at radius 1 is 1.33 bits per heavy atom. The molecule has 0 heterocycles. The quantitative estimate of drug-likeness (QED) is 0.636. The van der Waals surface area contributed by atoms with E-state index in [1.807, 2.05) is 19.1 Å². The van der Waals surface area contributed by atoms with E-state index in [9.17, 15) is 4.79 Å². The van der Waals surface area contributed by atoms with Gasteiger partial charge in [0.1, 0.15) is 0 Å². The molecule has 0 saturated carbocycles. The number of nitrogens with two attached hydrogens (primary N) is 1. The molecule has 82 valence electrons. The standard InChI is InChI=1S/C11H17N3O/c1-2-7-13-11(15)8-14-10-5-3-9(12)4-6-10/h3-6,14H,2,7-8,12H2,1H3,(H,13,15). The monoisotopic (exact) mass is 207 g/mol. The second kappa shape index (κ2) is 5.90. The fraction of sp³-hybridized carbons (Fsp3) is 0.364. The summed E-state index contributed by atoms with van der Waals surface area (Å²) in [5.74, 6) is 0.00803. The minimum absolute atomic E-state index is 0.00803. The topological polar surface area (TPSA) is 67.2 Å². The van der Waals surface area contributed by atoms with E-state index in [0.29, 0.717) is 6.54 Å². The number of rotatable bonds is 5. The molecular weight excluding hydrogens is 190 g/mol. The molecule has 1 aromatic rings. The lowest BCUT2D eigenvalue weighted by molar-refractivity contribution is -0.119. The molecule has 0 radical (unpaired) electrons. The van der Waals surface area contributed by atoms with Gasteiger partial charge in [-0.2, -0.15) is 0 Å². The number of carbonyl (C=O) groups excluding carboxylic acids is 1. The minimum atomic E-state index is 0.00803. The smallest absolute Gasteiger partial charge is 0.239 e. The summed E-state index contributed by atoms with van der Waals surface area (Å²) >= 11 is 0. The van der Waals surface area contributed by atoms with E-state index in [1.54, 1.807) is 12.1 Å². The molecule has 0 aliphatic rings. The number of amides is 1. The van der Waals surface area contributed by atoms with Crippen LogP contribution in [0.25, 0.3) is 0 Å². The van der Waals surface area contributed by atoms with Crippen molar-refractivity contribution in [2.24, 2.45) is 0 Å². The molecule has 0 spiro atoms. The Balaban J connectivity index is 2.30. The molecule has 1 amide bonds. The van der Waals surface area contributed by atoms with Gasteiger partial charge in [-0.15, -0.1) is 0 Å². The highest BCUT2D eigenvalue weighted by atomic mass is 16.1. The van der Waals surface area contributed by atoms with Gasteiger partial charge in [0.15, 0.2) is 0 Å². The van der Waals surface area contributed by atoms with Crippen LogP contribution in [0.3, 0.4) is 0 Å². The van der Waals surface area contributed by atoms with Crippen molar-refractivity contribution in [2.45, 2.75) is 13.3 Å². The molecule has 1 rings (SSSR count). The maximum Gasteiger partial charge on any atom is 0.239 e. The maximum absolute atomic E-state index is 11.2. The summed E-state index contributed by atoms with van der Waals surface area (Å²) in [5, 5.41) is 5.80. The second-order valence-corrected chi connectivity index (χ2v) is 3.33. The molecule has 0 unspecified atom stereocenters. The first-order valence-corrected chi connectivity index (χ1v) is 5.08. The molecular formula is C11H17N3O. The second-order valence-electron chi connectivity index (χ2n) is 3.33. The SMILES string of the molecule is CCCNC(=O)CNc1ccc(N)cc1. The highest BCUT2D eigenvalue weighted by Gasteiger charge is 1.98. The van der Waals surface area contributed by atoms with E-state index in [-0.39, 0.29) is 5.91 Å². The van der Waals surface area contributed by atoms with Crippen molar-refractivity contribution < 1.29 is 4.79 Å². The van der Waals surface area contributed by atoms with Gasteiger partial charge >= 0.3 is 0 Å². The summed E-state index contributed by atoms with van der Waals surface area (Å²) in [6, 6.07) is 7.30. The molecule has 4 heteroatoms. The normalized spacial score (nSPS) is 9.67. The lowest BCUT2D eigenvalue weighted by atomic mass is 10.3. The highest BCUT2D eigenvalue weighted by Crippen LogP contribution is 2.09. The van der Waals surface area contributed by atoms with Gasteiger partial charge < -0.3 is 16.4 Å². The van der Waals surface area contributed by atoms with E-state index in [2.05, 4.69) is 10.6 Å². The number of hydrogen-bond acceptors (Lipinski definition) is 3. The summed E-state index contributed by atoms with van der Waals surface area (Å²) in [6.45, 7) is 3.04. The lowest BCUT2D eigenvalue weighted by Crippen LogP contribution is -2.30. The van der Waals surface area contributed by atoms with E-state index >= 15 is 0 Å². The van der Waals surface area contributed by atoms with Crippen LogP contribution < -0.4 is 16.4 Å². The molecule has 0 atom stereocenters. The fourth-order valence-corrected chi connectivity index (χ4v) is 1.11. The zero-order valence-corrected chi connectivity index (χ0v) is 8.92. The molecule has 1 aromatic carbocycles. The van der Waals surface area contributed by atoms with Crippen LogP contribution in [0.15, 0.2) is 24.3 Å². The number of carbonyl (C=O) groups is 1. The Kier molecular flexibility index (Phi) is 4.47. The third-order valence-corrected chi connectivity index (χ3v) is 1.94. The molecule has 0 aliphatic heterocycles. The van der Waals surface area contributed by atoms with Crippen LogP contribution in [-0.2, 0) is 4.79 Å². The zero-order valence-electron chi connectivity index (χ0n) is 8.92. The first-order chi connectivity index (χ1) is 7.22. The van der Waals surface area contributed by atoms with Gasteiger partial charge in [0.25, 0.3) is 0 Å². The number of nitrogen functional groups attached to an aromatic ring is 1. The summed E-state index contributed by atoms with van der Waals surface area (Å²) in [4.78, 5) is 11.2. The van der Waals surface area contributed by atoms with Crippen molar-refractivity contribution in [1.82, 2.24) is 5.32 Å². The molecule has 0 fully saturated rings. The van der Waals surface area contributed by atoms with E-state index in [0.717, 1.165) is 24.3 Å². The summed E-state index contributed by atoms with van der Waals surface area (Å²) in [7, 11) is 0. The minimum Gasteiger partial charge on any atom is -0.399 e. The molecule has 0 aromatic heterocycles. The first-order valence-electron chi connectivity index (χ1n) is 5.08. The van der Waals surface area contributed by atoms with Crippen LogP contribution in [0.1, 0.15) is 13.3 Å².